The van der Waals surface area contributed by atoms with Crippen LogP contribution in [0.1, 0.15) is 18.5 Å². The molecule has 0 bridgehead atoms. The summed E-state index contributed by atoms with van der Waals surface area (Å²) in [5.74, 6) is -21.0. The van der Waals surface area contributed by atoms with Gasteiger partial charge in [0.2, 0.25) is 0 Å². The summed E-state index contributed by atoms with van der Waals surface area (Å²) >= 11 is 0. The van der Waals surface area contributed by atoms with E-state index in [0.717, 1.165) is 56.5 Å². The number of rotatable bonds is 12. The molecule has 2 aromatic carbocycles. The van der Waals surface area contributed by atoms with Crippen LogP contribution < -0.4 is 10.4 Å². The standard InChI is InChI=1S/C26H21F10N5O3/c1-15(23(43,11-39-14-37-13-38-39)19-7-2-16(27)10-20(19)28)40-8-9-41(22(40)42)17-3-5-18(6-4-17)44-12-24(31,32)26(35,36)25(33,34)21(29)30/h2-10,13-15,21,43H,11-12H2,1H3/t15-,23-/m1/s1. The molecule has 4 rings (SSSR count). The summed E-state index contributed by atoms with van der Waals surface area (Å²) in [5, 5.41) is 15.6. The van der Waals surface area contributed by atoms with E-state index in [9.17, 15) is 53.8 Å². The molecule has 4 aromatic rings. The molecule has 0 fully saturated rings. The zero-order chi connectivity index (χ0) is 32.7. The largest absolute Gasteiger partial charge is 0.487 e. The molecular weight excluding hydrogens is 620 g/mol. The Morgan fingerprint density at radius 1 is 0.977 bits per heavy atom. The van der Waals surface area contributed by atoms with Gasteiger partial charge in [0.25, 0.3) is 0 Å². The van der Waals surface area contributed by atoms with Crippen LogP contribution in [0.4, 0.5) is 43.9 Å². The van der Waals surface area contributed by atoms with Gasteiger partial charge in [0.05, 0.1) is 18.3 Å². The van der Waals surface area contributed by atoms with Crippen molar-refractivity contribution in [3.63, 3.8) is 0 Å². The van der Waals surface area contributed by atoms with Crippen LogP contribution in [0.2, 0.25) is 0 Å². The third-order valence-corrected chi connectivity index (χ3v) is 6.87. The van der Waals surface area contributed by atoms with E-state index in [-0.39, 0.29) is 11.3 Å². The average Bonchev–Trinajstić information content (AvgIpc) is 3.60. The summed E-state index contributed by atoms with van der Waals surface area (Å²) in [7, 11) is 0. The van der Waals surface area contributed by atoms with Crippen LogP contribution in [-0.2, 0) is 12.1 Å². The van der Waals surface area contributed by atoms with Gasteiger partial charge in [-0.3, -0.25) is 9.13 Å². The van der Waals surface area contributed by atoms with Crippen LogP contribution in [0.25, 0.3) is 5.69 Å². The SMILES string of the molecule is C[C@@H](n1ccn(-c2ccc(OCC(F)(F)C(F)(F)C(F)(F)C(F)F)cc2)c1=O)[C@](O)(Cn1cncn1)c1ccc(F)cc1F. The highest BCUT2D eigenvalue weighted by Gasteiger charge is 2.75. The number of nitrogens with zero attached hydrogens (tertiary/aromatic N) is 5. The lowest BCUT2D eigenvalue weighted by Gasteiger charge is -2.35. The Labute approximate surface area is 240 Å². The van der Waals surface area contributed by atoms with E-state index in [2.05, 4.69) is 14.8 Å². The highest BCUT2D eigenvalue weighted by molar-refractivity contribution is 5.37. The van der Waals surface area contributed by atoms with Crippen molar-refractivity contribution in [1.82, 2.24) is 23.9 Å². The summed E-state index contributed by atoms with van der Waals surface area (Å²) in [6.45, 7) is -1.43. The Hall–Kier alpha value is -4.35. The van der Waals surface area contributed by atoms with Gasteiger partial charge in [0.1, 0.15) is 35.6 Å². The van der Waals surface area contributed by atoms with Gasteiger partial charge in [-0.25, -0.2) is 32.0 Å². The first-order valence-electron chi connectivity index (χ1n) is 12.4. The predicted molar refractivity (Wildman–Crippen MR) is 131 cm³/mol. The number of hydrogen-bond donors (Lipinski definition) is 1. The molecule has 0 aliphatic carbocycles. The number of ether oxygens (including phenoxy) is 1. The van der Waals surface area contributed by atoms with E-state index in [1.54, 1.807) is 0 Å². The van der Waals surface area contributed by atoms with Crippen molar-refractivity contribution in [2.24, 2.45) is 0 Å². The molecule has 2 heterocycles. The fraction of sp³-hybridized carbons (Fsp3) is 0.346. The number of halogens is 10. The van der Waals surface area contributed by atoms with Crippen molar-refractivity contribution in [3.8, 4) is 11.4 Å². The fourth-order valence-electron chi connectivity index (χ4n) is 4.30. The topological polar surface area (TPSA) is 87.1 Å². The quantitative estimate of drug-likeness (QED) is 0.215. The zero-order valence-electron chi connectivity index (χ0n) is 22.2. The Balaban J connectivity index is 1.58. The number of aromatic nitrogens is 5. The minimum atomic E-state index is -6.44. The predicted octanol–water partition coefficient (Wildman–Crippen LogP) is 5.21. The molecular formula is C26H21F10N5O3. The van der Waals surface area contributed by atoms with E-state index in [1.165, 1.54) is 25.6 Å². The third kappa shape index (κ3) is 5.77. The first-order valence-corrected chi connectivity index (χ1v) is 12.4. The first kappa shape index (κ1) is 32.6. The molecule has 1 N–H and O–H groups in total. The second-order valence-corrected chi connectivity index (χ2v) is 9.66. The lowest BCUT2D eigenvalue weighted by molar-refractivity contribution is -0.342. The monoisotopic (exact) mass is 641 g/mol. The van der Waals surface area contributed by atoms with Crippen LogP contribution in [0, 0.1) is 11.6 Å². The van der Waals surface area contributed by atoms with Gasteiger partial charge in [-0.2, -0.15) is 31.4 Å². The molecule has 8 nitrogen and oxygen atoms in total. The summed E-state index contributed by atoms with van der Waals surface area (Å²) in [6, 6.07) is 5.25. The Morgan fingerprint density at radius 2 is 1.64 bits per heavy atom. The first-order chi connectivity index (χ1) is 20.4. The fourth-order valence-corrected chi connectivity index (χ4v) is 4.30. The maximum Gasteiger partial charge on any atom is 0.381 e. The van der Waals surface area contributed by atoms with E-state index in [0.29, 0.717) is 6.07 Å². The maximum absolute atomic E-state index is 14.8. The second kappa shape index (κ2) is 11.6. The number of imidazole rings is 1. The van der Waals surface area contributed by atoms with Gasteiger partial charge in [-0.1, -0.05) is 6.07 Å². The van der Waals surface area contributed by atoms with Gasteiger partial charge in [0, 0.05) is 24.0 Å². The normalized spacial score (nSPS) is 14.9. The van der Waals surface area contributed by atoms with E-state index in [4.69, 9.17) is 0 Å². The minimum Gasteiger partial charge on any atom is -0.487 e. The zero-order valence-corrected chi connectivity index (χ0v) is 22.2. The van der Waals surface area contributed by atoms with Crippen molar-refractivity contribution < 1.29 is 53.7 Å². The second-order valence-electron chi connectivity index (χ2n) is 9.66. The van der Waals surface area contributed by atoms with Crippen LogP contribution in [-0.4, -0.2) is 59.8 Å². The molecule has 0 amide bonds. The molecule has 0 radical (unpaired) electrons. The van der Waals surface area contributed by atoms with Crippen molar-refractivity contribution in [2.45, 2.75) is 49.3 Å². The summed E-state index contributed by atoms with van der Waals surface area (Å²) in [6.07, 6.45) is -0.265. The molecule has 0 spiro atoms. The smallest absolute Gasteiger partial charge is 0.381 e. The van der Waals surface area contributed by atoms with E-state index >= 15 is 0 Å². The number of benzene rings is 2. The minimum absolute atomic E-state index is 0.0439. The highest BCUT2D eigenvalue weighted by atomic mass is 19.4. The Kier molecular flexibility index (Phi) is 8.60. The van der Waals surface area contributed by atoms with Gasteiger partial charge < -0.3 is 9.84 Å². The molecule has 2 aromatic heterocycles. The summed E-state index contributed by atoms with van der Waals surface area (Å²) < 4.78 is 141. The molecule has 0 saturated heterocycles. The van der Waals surface area contributed by atoms with E-state index < -0.39 is 72.1 Å². The maximum atomic E-state index is 14.8. The summed E-state index contributed by atoms with van der Waals surface area (Å²) in [4.78, 5) is 17.1. The Bertz CT molecular complexity index is 1640. The molecule has 238 valence electrons. The molecule has 2 atom stereocenters. The Morgan fingerprint density at radius 3 is 2.20 bits per heavy atom. The molecule has 0 unspecified atom stereocenters. The molecule has 0 aliphatic heterocycles. The van der Waals surface area contributed by atoms with Crippen LogP contribution in [0.15, 0.2) is 72.3 Å². The number of aliphatic hydroxyl groups is 1. The van der Waals surface area contributed by atoms with Crippen molar-refractivity contribution in [1.29, 1.82) is 0 Å². The van der Waals surface area contributed by atoms with Gasteiger partial charge >= 0.3 is 29.9 Å². The van der Waals surface area contributed by atoms with Crippen LogP contribution in [0.3, 0.4) is 0 Å². The van der Waals surface area contributed by atoms with Gasteiger partial charge in [-0.05, 0) is 37.3 Å². The van der Waals surface area contributed by atoms with Crippen molar-refractivity contribution in [2.75, 3.05) is 6.61 Å². The molecule has 18 heteroatoms. The van der Waals surface area contributed by atoms with Crippen LogP contribution >= 0.6 is 0 Å². The number of hydrogen-bond acceptors (Lipinski definition) is 5. The molecule has 0 saturated carbocycles. The van der Waals surface area contributed by atoms with Gasteiger partial charge in [0.15, 0.2) is 6.61 Å². The van der Waals surface area contributed by atoms with Crippen LogP contribution in [0.5, 0.6) is 5.75 Å². The molecule has 0 aliphatic rings. The van der Waals surface area contributed by atoms with Gasteiger partial charge in [-0.15, -0.1) is 0 Å². The van der Waals surface area contributed by atoms with Crippen molar-refractivity contribution in [3.05, 3.63) is 95.2 Å². The highest BCUT2D eigenvalue weighted by Crippen LogP contribution is 2.48. The lowest BCUT2D eigenvalue weighted by atomic mass is 9.86. The van der Waals surface area contributed by atoms with Crippen molar-refractivity contribution >= 4 is 0 Å². The average molecular weight is 641 g/mol. The molecule has 44 heavy (non-hydrogen) atoms. The lowest BCUT2D eigenvalue weighted by Crippen LogP contribution is -2.59. The summed E-state index contributed by atoms with van der Waals surface area (Å²) in [5.41, 5.74) is -3.33. The number of alkyl halides is 8. The third-order valence-electron chi connectivity index (χ3n) is 6.87. The van der Waals surface area contributed by atoms with E-state index in [1.807, 2.05) is 0 Å².